The Bertz CT molecular complexity index is 529. The summed E-state index contributed by atoms with van der Waals surface area (Å²) in [6.07, 6.45) is 1.68. The van der Waals surface area contributed by atoms with Gasteiger partial charge in [0.2, 0.25) is 0 Å². The zero-order chi connectivity index (χ0) is 13.0. The van der Waals surface area contributed by atoms with Crippen molar-refractivity contribution in [2.45, 2.75) is 13.5 Å². The van der Waals surface area contributed by atoms with E-state index in [1.807, 2.05) is 6.92 Å². The third-order valence-electron chi connectivity index (χ3n) is 2.20. The number of aromatic nitrogens is 1. The molecule has 1 aromatic heterocycles. The molecule has 0 aliphatic rings. The van der Waals surface area contributed by atoms with Crippen molar-refractivity contribution >= 4 is 23.2 Å². The molecule has 1 aromatic carbocycles. The van der Waals surface area contributed by atoms with Crippen LogP contribution in [0, 0.1) is 0 Å². The van der Waals surface area contributed by atoms with Crippen molar-refractivity contribution in [1.29, 1.82) is 0 Å². The first-order valence-corrected chi connectivity index (χ1v) is 6.23. The molecule has 0 unspecified atom stereocenters. The van der Waals surface area contributed by atoms with E-state index in [4.69, 9.17) is 32.4 Å². The van der Waals surface area contributed by atoms with E-state index >= 15 is 0 Å². The molecule has 0 fully saturated rings. The Hall–Kier alpha value is -1.23. The molecule has 0 amide bonds. The first kappa shape index (κ1) is 13.2. The molecule has 0 atom stereocenters. The van der Waals surface area contributed by atoms with Crippen molar-refractivity contribution in [1.82, 2.24) is 10.3 Å². The normalized spacial score (nSPS) is 10.6. The maximum absolute atomic E-state index is 5.99. The summed E-state index contributed by atoms with van der Waals surface area (Å²) < 4.78 is 10.6. The van der Waals surface area contributed by atoms with Crippen molar-refractivity contribution in [3.05, 3.63) is 40.2 Å². The third kappa shape index (κ3) is 3.16. The van der Waals surface area contributed by atoms with Gasteiger partial charge in [-0.25, -0.2) is 0 Å². The van der Waals surface area contributed by atoms with Gasteiger partial charge in [-0.1, -0.05) is 36.2 Å². The van der Waals surface area contributed by atoms with Crippen LogP contribution in [0.4, 0.5) is 0 Å². The molecule has 0 aliphatic heterocycles. The lowest BCUT2D eigenvalue weighted by Crippen LogP contribution is -2.11. The van der Waals surface area contributed by atoms with Gasteiger partial charge in [-0.2, -0.15) is 4.98 Å². The van der Waals surface area contributed by atoms with Crippen molar-refractivity contribution in [3.8, 4) is 11.8 Å². The molecule has 6 heteroatoms. The van der Waals surface area contributed by atoms with Crippen molar-refractivity contribution < 1.29 is 9.15 Å². The van der Waals surface area contributed by atoms with E-state index in [9.17, 15) is 0 Å². The fourth-order valence-electron chi connectivity index (χ4n) is 1.33. The van der Waals surface area contributed by atoms with E-state index in [0.717, 1.165) is 12.2 Å². The standard InChI is InChI=1S/C12H12Cl2N2O2/c1-2-15-6-8-7-17-12(16-8)18-10-5-3-4-9(13)11(10)14/h3-5,7,15H,2,6H2,1H3. The second-order valence-corrected chi connectivity index (χ2v) is 4.32. The number of ether oxygens (including phenoxy) is 1. The highest BCUT2D eigenvalue weighted by Crippen LogP contribution is 2.34. The van der Waals surface area contributed by atoms with Gasteiger partial charge in [0.15, 0.2) is 5.75 Å². The topological polar surface area (TPSA) is 47.3 Å². The number of nitrogens with zero attached hydrogens (tertiary/aromatic N) is 1. The highest BCUT2D eigenvalue weighted by atomic mass is 35.5. The molecule has 0 saturated heterocycles. The van der Waals surface area contributed by atoms with Crippen LogP contribution in [0.25, 0.3) is 0 Å². The first-order chi connectivity index (χ1) is 8.70. The van der Waals surface area contributed by atoms with Gasteiger partial charge in [0, 0.05) is 6.54 Å². The highest BCUT2D eigenvalue weighted by molar-refractivity contribution is 6.42. The van der Waals surface area contributed by atoms with Gasteiger partial charge < -0.3 is 14.5 Å². The van der Waals surface area contributed by atoms with Gasteiger partial charge in [0.1, 0.15) is 11.3 Å². The fraction of sp³-hybridized carbons (Fsp3) is 0.250. The van der Waals surface area contributed by atoms with Crippen LogP contribution in [-0.4, -0.2) is 11.5 Å². The molecule has 0 aliphatic carbocycles. The Kier molecular flexibility index (Phi) is 4.47. The van der Waals surface area contributed by atoms with E-state index in [1.54, 1.807) is 18.2 Å². The summed E-state index contributed by atoms with van der Waals surface area (Å²) in [5.74, 6) is 0.418. The lowest BCUT2D eigenvalue weighted by atomic mass is 10.3. The number of rotatable bonds is 5. The molecule has 2 aromatic rings. The maximum atomic E-state index is 5.99. The lowest BCUT2D eigenvalue weighted by molar-refractivity contribution is 0.331. The largest absolute Gasteiger partial charge is 0.417 e. The van der Waals surface area contributed by atoms with Crippen LogP contribution < -0.4 is 10.1 Å². The molecule has 18 heavy (non-hydrogen) atoms. The maximum Gasteiger partial charge on any atom is 0.399 e. The second-order valence-electron chi connectivity index (χ2n) is 3.54. The third-order valence-corrected chi connectivity index (χ3v) is 3.00. The summed E-state index contributed by atoms with van der Waals surface area (Å²) in [4.78, 5) is 4.16. The minimum absolute atomic E-state index is 0.145. The van der Waals surface area contributed by atoms with E-state index < -0.39 is 0 Å². The van der Waals surface area contributed by atoms with Crippen LogP contribution >= 0.6 is 23.2 Å². The van der Waals surface area contributed by atoms with Gasteiger partial charge in [0.05, 0.1) is 10.7 Å². The summed E-state index contributed by atoms with van der Waals surface area (Å²) in [6, 6.07) is 5.12. The predicted octanol–water partition coefficient (Wildman–Crippen LogP) is 3.88. The molecule has 1 N–H and O–H groups in total. The summed E-state index contributed by atoms with van der Waals surface area (Å²) >= 11 is 11.9. The van der Waals surface area contributed by atoms with Crippen LogP contribution in [0.3, 0.4) is 0 Å². The molecule has 96 valence electrons. The molecule has 0 radical (unpaired) electrons. The van der Waals surface area contributed by atoms with Gasteiger partial charge in [-0.3, -0.25) is 0 Å². The van der Waals surface area contributed by atoms with Gasteiger partial charge in [-0.15, -0.1) is 0 Å². The van der Waals surface area contributed by atoms with Gasteiger partial charge >= 0.3 is 6.08 Å². The van der Waals surface area contributed by atoms with Gasteiger partial charge in [0.25, 0.3) is 0 Å². The minimum Gasteiger partial charge on any atom is -0.417 e. The fourth-order valence-corrected chi connectivity index (χ4v) is 1.66. The van der Waals surface area contributed by atoms with Crippen LogP contribution in [0.2, 0.25) is 10.0 Å². The average Bonchev–Trinajstić information content (AvgIpc) is 2.80. The Balaban J connectivity index is 2.09. The number of halogens is 2. The molecule has 4 nitrogen and oxygen atoms in total. The van der Waals surface area contributed by atoms with Crippen LogP contribution in [-0.2, 0) is 6.54 Å². The van der Waals surface area contributed by atoms with E-state index in [1.165, 1.54) is 6.26 Å². The number of oxazole rings is 1. The Labute approximate surface area is 115 Å². The Morgan fingerprint density at radius 2 is 2.22 bits per heavy atom. The molecule has 1 heterocycles. The molecular formula is C12H12Cl2N2O2. The Morgan fingerprint density at radius 1 is 1.39 bits per heavy atom. The SMILES string of the molecule is CCNCc1coc(Oc2cccc(Cl)c2Cl)n1. The van der Waals surface area contributed by atoms with Crippen molar-refractivity contribution in [3.63, 3.8) is 0 Å². The minimum atomic E-state index is 0.145. The first-order valence-electron chi connectivity index (χ1n) is 5.47. The highest BCUT2D eigenvalue weighted by Gasteiger charge is 2.10. The molecule has 0 saturated carbocycles. The summed E-state index contributed by atoms with van der Waals surface area (Å²) in [5, 5.41) is 3.90. The number of nitrogens with one attached hydrogen (secondary N) is 1. The second kappa shape index (κ2) is 6.09. The van der Waals surface area contributed by atoms with Crippen molar-refractivity contribution in [2.24, 2.45) is 0 Å². The zero-order valence-corrected chi connectivity index (χ0v) is 11.3. The quantitative estimate of drug-likeness (QED) is 0.906. The Morgan fingerprint density at radius 3 is 3.00 bits per heavy atom. The molecule has 0 bridgehead atoms. The summed E-state index contributed by atoms with van der Waals surface area (Å²) in [5.41, 5.74) is 0.769. The van der Waals surface area contributed by atoms with Gasteiger partial charge in [-0.05, 0) is 18.7 Å². The summed E-state index contributed by atoms with van der Waals surface area (Å²) in [6.45, 7) is 3.51. The van der Waals surface area contributed by atoms with E-state index in [-0.39, 0.29) is 6.08 Å². The smallest absolute Gasteiger partial charge is 0.399 e. The van der Waals surface area contributed by atoms with E-state index in [2.05, 4.69) is 10.3 Å². The number of benzene rings is 1. The van der Waals surface area contributed by atoms with Crippen molar-refractivity contribution in [2.75, 3.05) is 6.54 Å². The average molecular weight is 287 g/mol. The molecule has 2 rings (SSSR count). The predicted molar refractivity (Wildman–Crippen MR) is 70.4 cm³/mol. The van der Waals surface area contributed by atoms with Crippen LogP contribution in [0.15, 0.2) is 28.9 Å². The van der Waals surface area contributed by atoms with Crippen LogP contribution in [0.5, 0.6) is 11.8 Å². The summed E-state index contributed by atoms with van der Waals surface area (Å²) in [7, 11) is 0. The molecule has 0 spiro atoms. The lowest BCUT2D eigenvalue weighted by Gasteiger charge is -2.03. The number of hydrogen-bond donors (Lipinski definition) is 1. The van der Waals surface area contributed by atoms with Crippen LogP contribution in [0.1, 0.15) is 12.6 Å². The monoisotopic (exact) mass is 286 g/mol. The number of hydrogen-bond acceptors (Lipinski definition) is 4. The zero-order valence-electron chi connectivity index (χ0n) is 9.74. The molecular weight excluding hydrogens is 275 g/mol. The van der Waals surface area contributed by atoms with E-state index in [0.29, 0.717) is 22.3 Å².